The number of esters is 2. The normalized spacial score (nSPS) is 11.5. The van der Waals surface area contributed by atoms with E-state index in [1.54, 1.807) is 0 Å². The van der Waals surface area contributed by atoms with E-state index in [4.69, 9.17) is 52.5 Å². The molecule has 4 N–H and O–H groups in total. The van der Waals surface area contributed by atoms with Crippen molar-refractivity contribution in [3.05, 3.63) is 71.8 Å². The summed E-state index contributed by atoms with van der Waals surface area (Å²) in [5.41, 5.74) is 1.81. The van der Waals surface area contributed by atoms with Crippen LogP contribution in [0.5, 0.6) is 0 Å². The summed E-state index contributed by atoms with van der Waals surface area (Å²) < 4.78 is 54.2. The number of hydrogen-bond acceptors (Lipinski definition) is 16. The lowest BCUT2D eigenvalue weighted by Crippen LogP contribution is -2.42. The Morgan fingerprint density at radius 3 is 1.21 bits per heavy atom. The van der Waals surface area contributed by atoms with Crippen molar-refractivity contribution in [1.29, 1.82) is 0 Å². The van der Waals surface area contributed by atoms with Gasteiger partial charge < -0.3 is 68.4 Å². The van der Waals surface area contributed by atoms with Gasteiger partial charge in [0.25, 0.3) is 0 Å². The summed E-state index contributed by atoms with van der Waals surface area (Å²) in [7, 11) is 0. The van der Waals surface area contributed by atoms with Crippen LogP contribution in [0.3, 0.4) is 0 Å². The van der Waals surface area contributed by atoms with E-state index in [9.17, 15) is 28.8 Å². The third kappa shape index (κ3) is 42.8. The van der Waals surface area contributed by atoms with Gasteiger partial charge in [-0.2, -0.15) is 0 Å². The topological polar surface area (TPSA) is 251 Å². The second kappa shape index (κ2) is 48.6. The van der Waals surface area contributed by atoms with Crippen molar-refractivity contribution in [2.45, 2.75) is 122 Å². The van der Waals surface area contributed by atoms with E-state index in [1.165, 1.54) is 0 Å². The highest BCUT2D eigenvalue weighted by molar-refractivity contribution is 5.85. The molecular formula is C55H87N3O17. The molecule has 424 valence electrons. The van der Waals surface area contributed by atoms with Gasteiger partial charge >= 0.3 is 17.9 Å². The number of rotatable bonds is 52. The smallest absolute Gasteiger partial charge is 0.328 e. The van der Waals surface area contributed by atoms with Gasteiger partial charge in [0.05, 0.1) is 112 Å². The Bertz CT molecular complexity index is 1740. The molecule has 0 fully saturated rings. The first-order valence-electron chi connectivity index (χ1n) is 26.8. The molecule has 0 aromatic heterocycles. The second-order valence-electron chi connectivity index (χ2n) is 17.4. The Balaban J connectivity index is 1.40. The largest absolute Gasteiger partial charge is 0.481 e. The van der Waals surface area contributed by atoms with Gasteiger partial charge in [0.1, 0.15) is 19.3 Å². The molecule has 1 atom stereocenters. The van der Waals surface area contributed by atoms with E-state index in [1.807, 2.05) is 60.7 Å². The minimum absolute atomic E-state index is 0.0176. The number of carbonyl (C=O) groups excluding carboxylic acids is 5. The molecule has 0 saturated heterocycles. The van der Waals surface area contributed by atoms with Crippen LogP contribution in [-0.2, 0) is 89.3 Å². The molecule has 0 aliphatic rings. The predicted octanol–water partition coefficient (Wildman–Crippen LogP) is 5.65. The molecule has 0 bridgehead atoms. The zero-order valence-electron chi connectivity index (χ0n) is 44.3. The Labute approximate surface area is 444 Å². The monoisotopic (exact) mass is 1060 g/mol. The number of carboxylic acid groups (broad SMARTS) is 1. The predicted molar refractivity (Wildman–Crippen MR) is 278 cm³/mol. The Kier molecular flexibility index (Phi) is 42.8. The molecule has 3 amide bonds. The summed E-state index contributed by atoms with van der Waals surface area (Å²) >= 11 is 0. The Hall–Kier alpha value is -5.06. The number of carboxylic acids is 1. The fraction of sp³-hybridized carbons (Fsp3) is 0.673. The average Bonchev–Trinajstić information content (AvgIpc) is 3.41. The van der Waals surface area contributed by atoms with Crippen LogP contribution in [0, 0.1) is 0 Å². The van der Waals surface area contributed by atoms with Crippen molar-refractivity contribution in [3.63, 3.8) is 0 Å². The standard InChI is InChI=1S/C55H87N3O17/c59-50(56-27-31-68-35-39-72-43-41-70-37-33-66-29-25-51(60)57-28-32-69-36-40-73-44-42-71-38-34-67-30-26-53(62)63)24-23-49(55(65)75-46-48-19-13-10-14-20-48)58-52(61)21-15-7-5-3-1-2-4-6-8-16-22-54(64)74-45-47-17-11-9-12-18-47/h9-14,17-20,49H,1-8,15-16,21-46H2,(H,56,59)(H,57,60)(H,58,61)(H,62,63)/t49-/m0/s1. The van der Waals surface area contributed by atoms with Crippen LogP contribution in [0.1, 0.15) is 114 Å². The summed E-state index contributed by atoms with van der Waals surface area (Å²) in [6.45, 7) is 6.48. The van der Waals surface area contributed by atoms with Crippen LogP contribution in [-0.4, -0.2) is 166 Å². The van der Waals surface area contributed by atoms with Crippen LogP contribution in [0.2, 0.25) is 0 Å². The van der Waals surface area contributed by atoms with E-state index in [0.29, 0.717) is 112 Å². The zero-order chi connectivity index (χ0) is 53.9. The maximum atomic E-state index is 13.1. The van der Waals surface area contributed by atoms with Crippen molar-refractivity contribution < 1.29 is 81.2 Å². The van der Waals surface area contributed by atoms with E-state index in [2.05, 4.69) is 16.0 Å². The Morgan fingerprint density at radius 2 is 0.760 bits per heavy atom. The molecular weight excluding hydrogens is 975 g/mol. The maximum absolute atomic E-state index is 13.1. The van der Waals surface area contributed by atoms with Crippen LogP contribution < -0.4 is 16.0 Å². The molecule has 0 aliphatic heterocycles. The first kappa shape index (κ1) is 66.1. The molecule has 0 saturated carbocycles. The fourth-order valence-corrected chi connectivity index (χ4v) is 6.95. The third-order valence-corrected chi connectivity index (χ3v) is 11.1. The van der Waals surface area contributed by atoms with Gasteiger partial charge in [0, 0.05) is 38.8 Å². The molecule has 0 radical (unpaired) electrons. The second-order valence-corrected chi connectivity index (χ2v) is 17.4. The third-order valence-electron chi connectivity index (χ3n) is 11.1. The molecule has 2 rings (SSSR count). The number of aliphatic carboxylic acids is 1. The van der Waals surface area contributed by atoms with E-state index < -0.39 is 18.0 Å². The highest BCUT2D eigenvalue weighted by Crippen LogP contribution is 2.13. The number of carbonyl (C=O) groups is 6. The molecule has 0 aliphatic carbocycles. The first-order valence-corrected chi connectivity index (χ1v) is 26.8. The van der Waals surface area contributed by atoms with Crippen LogP contribution in [0.25, 0.3) is 0 Å². The fourth-order valence-electron chi connectivity index (χ4n) is 6.95. The summed E-state index contributed by atoms with van der Waals surface area (Å²) in [6, 6.07) is 18.0. The van der Waals surface area contributed by atoms with Gasteiger partial charge in [0.2, 0.25) is 17.7 Å². The molecule has 20 nitrogen and oxygen atoms in total. The van der Waals surface area contributed by atoms with Gasteiger partial charge in [-0.1, -0.05) is 112 Å². The highest BCUT2D eigenvalue weighted by atomic mass is 16.6. The van der Waals surface area contributed by atoms with Crippen molar-refractivity contribution in [3.8, 4) is 0 Å². The lowest BCUT2D eigenvalue weighted by atomic mass is 10.0. The molecule has 20 heteroatoms. The van der Waals surface area contributed by atoms with Gasteiger partial charge in [-0.3, -0.25) is 24.0 Å². The quantitative estimate of drug-likeness (QED) is 0.0462. The van der Waals surface area contributed by atoms with Crippen molar-refractivity contribution >= 4 is 35.6 Å². The highest BCUT2D eigenvalue weighted by Gasteiger charge is 2.23. The lowest BCUT2D eigenvalue weighted by molar-refractivity contribution is -0.149. The van der Waals surface area contributed by atoms with Gasteiger partial charge in [0.15, 0.2) is 0 Å². The minimum Gasteiger partial charge on any atom is -0.481 e. The van der Waals surface area contributed by atoms with Crippen LogP contribution in [0.4, 0.5) is 0 Å². The minimum atomic E-state index is -0.954. The summed E-state index contributed by atoms with van der Waals surface area (Å²) in [4.78, 5) is 73.0. The molecule has 2 aromatic carbocycles. The number of hydrogen-bond donors (Lipinski definition) is 4. The number of amides is 3. The van der Waals surface area contributed by atoms with Crippen molar-refractivity contribution in [2.75, 3.05) is 119 Å². The van der Waals surface area contributed by atoms with E-state index >= 15 is 0 Å². The van der Waals surface area contributed by atoms with Gasteiger partial charge in [-0.05, 0) is 30.4 Å². The Morgan fingerprint density at radius 1 is 0.387 bits per heavy atom. The summed E-state index contributed by atoms with van der Waals surface area (Å²) in [5.74, 6) is -2.29. The van der Waals surface area contributed by atoms with Gasteiger partial charge in [-0.25, -0.2) is 4.79 Å². The summed E-state index contributed by atoms with van der Waals surface area (Å²) in [5, 5.41) is 16.9. The summed E-state index contributed by atoms with van der Waals surface area (Å²) in [6.07, 6.45) is 11.1. The van der Waals surface area contributed by atoms with E-state index in [0.717, 1.165) is 68.9 Å². The molecule has 0 heterocycles. The van der Waals surface area contributed by atoms with Crippen molar-refractivity contribution in [1.82, 2.24) is 16.0 Å². The number of ether oxygens (including phenoxy) is 10. The first-order chi connectivity index (χ1) is 36.7. The molecule has 75 heavy (non-hydrogen) atoms. The maximum Gasteiger partial charge on any atom is 0.328 e. The number of nitrogens with one attached hydrogen (secondary N) is 3. The van der Waals surface area contributed by atoms with Crippen LogP contribution in [0.15, 0.2) is 60.7 Å². The van der Waals surface area contributed by atoms with E-state index in [-0.39, 0.29) is 88.8 Å². The van der Waals surface area contributed by atoms with Crippen LogP contribution >= 0.6 is 0 Å². The SMILES string of the molecule is O=C(O)CCOCCOCCOCCOCCNC(=O)CCOCCOCCOCCOCCNC(=O)CC[C@H](NC(=O)CCCCCCCCCCCCC(=O)OCc1ccccc1)C(=O)OCc1ccccc1. The number of benzene rings is 2. The number of unbranched alkanes of at least 4 members (excludes halogenated alkanes) is 9. The average molecular weight is 1060 g/mol. The lowest BCUT2D eigenvalue weighted by Gasteiger charge is -2.18. The zero-order valence-corrected chi connectivity index (χ0v) is 44.3. The van der Waals surface area contributed by atoms with Gasteiger partial charge in [-0.15, -0.1) is 0 Å². The molecule has 2 aromatic rings. The molecule has 0 spiro atoms. The molecule has 0 unspecified atom stereocenters. The van der Waals surface area contributed by atoms with Crippen molar-refractivity contribution in [2.24, 2.45) is 0 Å².